The van der Waals surface area contributed by atoms with E-state index in [1.165, 1.54) is 0 Å². The molecular formula is C9H20N2S. The third-order valence-electron chi connectivity index (χ3n) is 1.82. The Morgan fingerprint density at radius 3 is 2.42 bits per heavy atom. The van der Waals surface area contributed by atoms with E-state index in [0.29, 0.717) is 11.2 Å². The second-order valence-corrected chi connectivity index (χ2v) is 4.57. The van der Waals surface area contributed by atoms with Gasteiger partial charge in [-0.1, -0.05) is 20.8 Å². The molecule has 0 rings (SSSR count). The van der Waals surface area contributed by atoms with Gasteiger partial charge >= 0.3 is 0 Å². The molecule has 0 radical (unpaired) electrons. The van der Waals surface area contributed by atoms with Gasteiger partial charge in [0, 0.05) is 17.7 Å². The Kier molecular flexibility index (Phi) is 6.25. The Morgan fingerprint density at radius 2 is 2.00 bits per heavy atom. The summed E-state index contributed by atoms with van der Waals surface area (Å²) in [5.74, 6) is 1.16. The molecule has 2 N–H and O–H groups in total. The number of rotatable bonds is 5. The minimum Gasteiger partial charge on any atom is -0.387 e. The molecule has 0 heterocycles. The lowest BCUT2D eigenvalue weighted by Crippen LogP contribution is -2.19. The Balaban J connectivity index is 3.59. The maximum atomic E-state index is 5.69. The fourth-order valence-corrected chi connectivity index (χ4v) is 1.02. The van der Waals surface area contributed by atoms with Crippen LogP contribution in [0.25, 0.3) is 0 Å². The third-order valence-corrected chi connectivity index (χ3v) is 2.86. The molecule has 0 aromatic heterocycles. The normalized spacial score (nSPS) is 15.2. The molecule has 0 aliphatic carbocycles. The van der Waals surface area contributed by atoms with Crippen molar-refractivity contribution in [1.29, 1.82) is 0 Å². The molecule has 0 aliphatic heterocycles. The van der Waals surface area contributed by atoms with E-state index in [1.807, 2.05) is 11.8 Å². The second kappa shape index (κ2) is 6.35. The van der Waals surface area contributed by atoms with Crippen LogP contribution in [0.15, 0.2) is 4.99 Å². The fourth-order valence-electron chi connectivity index (χ4n) is 0.676. The maximum absolute atomic E-state index is 5.69. The second-order valence-electron chi connectivity index (χ2n) is 3.30. The highest BCUT2D eigenvalue weighted by molar-refractivity contribution is 7.99. The summed E-state index contributed by atoms with van der Waals surface area (Å²) in [6.07, 6.45) is 3.24. The lowest BCUT2D eigenvalue weighted by atomic mass is 10.2. The average molecular weight is 188 g/mol. The Bertz CT molecular complexity index is 143. The van der Waals surface area contributed by atoms with E-state index in [4.69, 9.17) is 5.73 Å². The Labute approximate surface area is 80.0 Å². The summed E-state index contributed by atoms with van der Waals surface area (Å²) < 4.78 is 0. The van der Waals surface area contributed by atoms with Gasteiger partial charge in [0.15, 0.2) is 0 Å². The van der Waals surface area contributed by atoms with Gasteiger partial charge in [0.1, 0.15) is 0 Å². The average Bonchev–Trinajstić information content (AvgIpc) is 2.03. The van der Waals surface area contributed by atoms with E-state index in [9.17, 15) is 0 Å². The molecule has 0 fully saturated rings. The first-order valence-electron chi connectivity index (χ1n) is 4.40. The largest absolute Gasteiger partial charge is 0.387 e. The van der Waals surface area contributed by atoms with Gasteiger partial charge < -0.3 is 5.73 Å². The number of aliphatic imine (C=N–C) groups is 1. The van der Waals surface area contributed by atoms with Crippen LogP contribution in [0, 0.1) is 5.92 Å². The Morgan fingerprint density at radius 1 is 1.42 bits per heavy atom. The first kappa shape index (κ1) is 11.8. The van der Waals surface area contributed by atoms with Crippen molar-refractivity contribution in [2.45, 2.75) is 32.4 Å². The van der Waals surface area contributed by atoms with Crippen LogP contribution < -0.4 is 5.73 Å². The van der Waals surface area contributed by atoms with Crippen molar-refractivity contribution in [1.82, 2.24) is 0 Å². The number of hydrogen-bond acceptors (Lipinski definition) is 2. The fraction of sp³-hybridized carbons (Fsp3) is 0.889. The quantitative estimate of drug-likeness (QED) is 0.530. The number of amidine groups is 1. The maximum Gasteiger partial charge on any atom is 0.0962 e. The van der Waals surface area contributed by atoms with Crippen LogP contribution in [-0.4, -0.2) is 23.9 Å². The molecule has 72 valence electrons. The monoisotopic (exact) mass is 188 g/mol. The summed E-state index contributed by atoms with van der Waals surface area (Å²) in [6, 6.07) is 0. The molecule has 0 saturated carbocycles. The van der Waals surface area contributed by atoms with Crippen LogP contribution in [0.3, 0.4) is 0 Å². The van der Waals surface area contributed by atoms with Crippen LogP contribution in [0.4, 0.5) is 0 Å². The number of nitrogens with two attached hydrogens (primary N) is 1. The van der Waals surface area contributed by atoms with Crippen molar-refractivity contribution < 1.29 is 0 Å². The molecule has 0 spiro atoms. The molecule has 2 nitrogen and oxygen atoms in total. The first-order chi connectivity index (χ1) is 5.57. The van der Waals surface area contributed by atoms with Crippen molar-refractivity contribution in [2.24, 2.45) is 16.6 Å². The van der Waals surface area contributed by atoms with Crippen LogP contribution in [-0.2, 0) is 0 Å². The van der Waals surface area contributed by atoms with Gasteiger partial charge in [-0.15, -0.1) is 0 Å². The first-order valence-corrected chi connectivity index (χ1v) is 5.69. The summed E-state index contributed by atoms with van der Waals surface area (Å²) >= 11 is 1.87. The minimum atomic E-state index is 0.384. The molecule has 3 heteroatoms. The summed E-state index contributed by atoms with van der Waals surface area (Å²) in [6.45, 7) is 7.21. The van der Waals surface area contributed by atoms with Crippen molar-refractivity contribution in [3.63, 3.8) is 0 Å². The van der Waals surface area contributed by atoms with Crippen molar-refractivity contribution in [2.75, 3.05) is 12.8 Å². The van der Waals surface area contributed by atoms with Gasteiger partial charge in [-0.05, 0) is 12.7 Å². The van der Waals surface area contributed by atoms with E-state index >= 15 is 0 Å². The zero-order chi connectivity index (χ0) is 9.56. The number of thioether (sulfide) groups is 1. The van der Waals surface area contributed by atoms with E-state index in [-0.39, 0.29) is 0 Å². The molecule has 0 bridgehead atoms. The standard InChI is InChI=1S/C9H20N2S/c1-7(2)9(10)11-6-5-8(3)12-4/h7-8H,5-6H2,1-4H3,(H2,10,11). The van der Waals surface area contributed by atoms with Gasteiger partial charge in [-0.3, -0.25) is 4.99 Å². The van der Waals surface area contributed by atoms with Crippen LogP contribution in [0.2, 0.25) is 0 Å². The molecule has 0 aromatic rings. The van der Waals surface area contributed by atoms with Gasteiger partial charge in [0.05, 0.1) is 5.84 Å². The summed E-state index contributed by atoms with van der Waals surface area (Å²) in [4.78, 5) is 4.29. The van der Waals surface area contributed by atoms with E-state index in [2.05, 4.69) is 32.0 Å². The van der Waals surface area contributed by atoms with Crippen molar-refractivity contribution in [3.8, 4) is 0 Å². The summed E-state index contributed by atoms with van der Waals surface area (Å²) in [7, 11) is 0. The SMILES string of the molecule is CSC(C)CCN=C(N)C(C)C. The summed E-state index contributed by atoms with van der Waals surface area (Å²) in [5.41, 5.74) is 5.69. The zero-order valence-electron chi connectivity index (χ0n) is 8.50. The highest BCUT2D eigenvalue weighted by Crippen LogP contribution is 2.09. The lowest BCUT2D eigenvalue weighted by Gasteiger charge is -2.07. The zero-order valence-corrected chi connectivity index (χ0v) is 9.32. The number of nitrogens with zero attached hydrogens (tertiary/aromatic N) is 1. The molecule has 0 aromatic carbocycles. The topological polar surface area (TPSA) is 38.4 Å². The molecule has 0 aliphatic rings. The smallest absolute Gasteiger partial charge is 0.0962 e. The molecule has 0 saturated heterocycles. The van der Waals surface area contributed by atoms with Gasteiger partial charge in [0.2, 0.25) is 0 Å². The molecule has 1 atom stereocenters. The molecular weight excluding hydrogens is 168 g/mol. The van der Waals surface area contributed by atoms with E-state index < -0.39 is 0 Å². The third kappa shape index (κ3) is 5.47. The molecule has 12 heavy (non-hydrogen) atoms. The highest BCUT2D eigenvalue weighted by Gasteiger charge is 2.00. The molecule has 0 amide bonds. The minimum absolute atomic E-state index is 0.384. The van der Waals surface area contributed by atoms with Crippen LogP contribution >= 0.6 is 11.8 Å². The predicted molar refractivity (Wildman–Crippen MR) is 58.9 cm³/mol. The molecule has 1 unspecified atom stereocenters. The lowest BCUT2D eigenvalue weighted by molar-refractivity contribution is 0.800. The van der Waals surface area contributed by atoms with Crippen molar-refractivity contribution in [3.05, 3.63) is 0 Å². The van der Waals surface area contributed by atoms with Gasteiger partial charge in [-0.2, -0.15) is 11.8 Å². The Hall–Kier alpha value is -0.180. The predicted octanol–water partition coefficient (Wildman–Crippen LogP) is 2.14. The van der Waals surface area contributed by atoms with Crippen LogP contribution in [0.5, 0.6) is 0 Å². The number of hydrogen-bond donors (Lipinski definition) is 1. The van der Waals surface area contributed by atoms with E-state index in [1.54, 1.807) is 0 Å². The van der Waals surface area contributed by atoms with Crippen molar-refractivity contribution >= 4 is 17.6 Å². The van der Waals surface area contributed by atoms with E-state index in [0.717, 1.165) is 18.8 Å². The summed E-state index contributed by atoms with van der Waals surface area (Å²) in [5, 5.41) is 0.689. The van der Waals surface area contributed by atoms with Gasteiger partial charge in [-0.25, -0.2) is 0 Å². The van der Waals surface area contributed by atoms with Crippen LogP contribution in [0.1, 0.15) is 27.2 Å². The van der Waals surface area contributed by atoms with Gasteiger partial charge in [0.25, 0.3) is 0 Å². The highest BCUT2D eigenvalue weighted by atomic mass is 32.2.